The molecular formula is C21H40O4Si. The summed E-state index contributed by atoms with van der Waals surface area (Å²) in [5.74, 6) is 0.237. The van der Waals surface area contributed by atoms with E-state index in [0.717, 1.165) is 32.1 Å². The van der Waals surface area contributed by atoms with E-state index in [9.17, 15) is 9.90 Å². The van der Waals surface area contributed by atoms with Gasteiger partial charge in [0.1, 0.15) is 0 Å². The van der Waals surface area contributed by atoms with Gasteiger partial charge in [0.25, 0.3) is 0 Å². The summed E-state index contributed by atoms with van der Waals surface area (Å²) in [5.41, 5.74) is -0.529. The second kappa shape index (κ2) is 7.21. The lowest BCUT2D eigenvalue weighted by molar-refractivity contribution is -0.180. The molecule has 152 valence electrons. The first kappa shape index (κ1) is 21.9. The minimum atomic E-state index is -1.88. The number of hydrogen-bond acceptors (Lipinski definition) is 4. The van der Waals surface area contributed by atoms with Gasteiger partial charge in [0, 0.05) is 12.5 Å². The summed E-state index contributed by atoms with van der Waals surface area (Å²) in [6, 6.07) is 0. The van der Waals surface area contributed by atoms with Crippen molar-refractivity contribution in [2.45, 2.75) is 91.0 Å². The van der Waals surface area contributed by atoms with Crippen molar-refractivity contribution in [1.29, 1.82) is 0 Å². The molecule has 2 rings (SSSR count). The van der Waals surface area contributed by atoms with E-state index in [1.807, 2.05) is 0 Å². The minimum absolute atomic E-state index is 0.0821. The third-order valence-electron chi connectivity index (χ3n) is 8.12. The third kappa shape index (κ3) is 3.64. The first-order valence-electron chi connectivity index (χ1n) is 10.2. The van der Waals surface area contributed by atoms with Crippen LogP contribution in [0.3, 0.4) is 0 Å². The number of hydrogen-bond donors (Lipinski definition) is 1. The lowest BCUT2D eigenvalue weighted by atomic mass is 9.47. The molecule has 2 saturated carbocycles. The van der Waals surface area contributed by atoms with Gasteiger partial charge in [0.05, 0.1) is 18.6 Å². The molecule has 4 nitrogen and oxygen atoms in total. The number of aliphatic hydroxyl groups excluding tert-OH is 1. The van der Waals surface area contributed by atoms with Gasteiger partial charge in [-0.15, -0.1) is 0 Å². The zero-order valence-electron chi connectivity index (χ0n) is 18.1. The number of ether oxygens (including phenoxy) is 1. The summed E-state index contributed by atoms with van der Waals surface area (Å²) in [5, 5.41) is 11.0. The molecular weight excluding hydrogens is 344 g/mol. The van der Waals surface area contributed by atoms with Crippen molar-refractivity contribution in [3.05, 3.63) is 0 Å². The monoisotopic (exact) mass is 384 g/mol. The molecule has 1 N–H and O–H groups in total. The maximum atomic E-state index is 12.6. The van der Waals surface area contributed by atoms with Crippen LogP contribution in [0.5, 0.6) is 0 Å². The predicted molar refractivity (Wildman–Crippen MR) is 107 cm³/mol. The molecule has 2 aliphatic carbocycles. The van der Waals surface area contributed by atoms with E-state index in [1.54, 1.807) is 0 Å². The fourth-order valence-electron chi connectivity index (χ4n) is 5.28. The molecule has 0 saturated heterocycles. The summed E-state index contributed by atoms with van der Waals surface area (Å²) in [7, 11) is -0.380. The Kier molecular flexibility index (Phi) is 6.07. The number of rotatable bonds is 4. The molecule has 0 aromatic carbocycles. The van der Waals surface area contributed by atoms with Gasteiger partial charge in [-0.2, -0.15) is 0 Å². The van der Waals surface area contributed by atoms with Crippen molar-refractivity contribution in [2.24, 2.45) is 22.7 Å². The van der Waals surface area contributed by atoms with Crippen LogP contribution in [0.15, 0.2) is 0 Å². The van der Waals surface area contributed by atoms with Crippen LogP contribution in [-0.4, -0.2) is 39.2 Å². The summed E-state index contributed by atoms with van der Waals surface area (Å²) >= 11 is 0. The molecule has 0 aliphatic heterocycles. The predicted octanol–water partition coefficient (Wildman–Crippen LogP) is 4.76. The topological polar surface area (TPSA) is 55.8 Å². The quantitative estimate of drug-likeness (QED) is 0.560. The molecule has 0 aromatic heterocycles. The van der Waals surface area contributed by atoms with E-state index < -0.39 is 13.7 Å². The number of carbonyl (C=O) groups is 1. The van der Waals surface area contributed by atoms with E-state index >= 15 is 0 Å². The van der Waals surface area contributed by atoms with E-state index in [2.05, 4.69) is 47.7 Å². The molecule has 5 heteroatoms. The SMILES string of the molecule is COC(=O)[C@@]1(C)CCC[C@@]2(C)[C@H]1CC[C@H](O)[C@@H]2CO[Si](C)(C)C(C)(C)C. The Hall–Kier alpha value is -0.393. The highest BCUT2D eigenvalue weighted by Crippen LogP contribution is 2.60. The number of esters is 1. The van der Waals surface area contributed by atoms with Crippen LogP contribution in [0.2, 0.25) is 18.1 Å². The van der Waals surface area contributed by atoms with Crippen LogP contribution in [-0.2, 0) is 14.0 Å². The van der Waals surface area contributed by atoms with E-state index in [0.29, 0.717) is 6.61 Å². The largest absolute Gasteiger partial charge is 0.469 e. The second-order valence-electron chi connectivity index (χ2n) is 10.6. The molecule has 0 amide bonds. The number of carbonyl (C=O) groups excluding carboxylic acids is 1. The van der Waals surface area contributed by atoms with Crippen LogP contribution in [0.25, 0.3) is 0 Å². The van der Waals surface area contributed by atoms with E-state index in [-0.39, 0.29) is 34.4 Å². The van der Waals surface area contributed by atoms with Crippen LogP contribution < -0.4 is 0 Å². The standard InChI is InChI=1S/C21H40O4Si/c1-19(2,3)26(7,8)25-14-15-16(22)10-11-17-20(15,4)12-9-13-21(17,5)18(23)24-6/h15-17,22H,9-14H2,1-8H3/t15-,16-,17+,20+,21-/m0/s1. The molecule has 0 radical (unpaired) electrons. The van der Waals surface area contributed by atoms with Crippen molar-refractivity contribution in [1.82, 2.24) is 0 Å². The first-order valence-corrected chi connectivity index (χ1v) is 13.1. The van der Waals surface area contributed by atoms with E-state index in [4.69, 9.17) is 9.16 Å². The zero-order chi connectivity index (χ0) is 20.0. The van der Waals surface area contributed by atoms with Gasteiger partial charge in [-0.3, -0.25) is 4.79 Å². The summed E-state index contributed by atoms with van der Waals surface area (Å²) in [6.07, 6.45) is 4.22. The smallest absolute Gasteiger partial charge is 0.311 e. The lowest BCUT2D eigenvalue weighted by Crippen LogP contribution is -2.58. The molecule has 0 heterocycles. The second-order valence-corrected chi connectivity index (χ2v) is 15.5. The summed E-state index contributed by atoms with van der Waals surface area (Å²) in [4.78, 5) is 12.6. The van der Waals surface area contributed by atoms with Crippen LogP contribution in [0, 0.1) is 22.7 Å². The lowest BCUT2D eigenvalue weighted by Gasteiger charge is -2.58. The summed E-state index contributed by atoms with van der Waals surface area (Å²) in [6.45, 7) is 16.2. The van der Waals surface area contributed by atoms with Crippen LogP contribution in [0.4, 0.5) is 0 Å². The van der Waals surface area contributed by atoms with Crippen molar-refractivity contribution in [3.8, 4) is 0 Å². The number of fused-ring (bicyclic) bond motifs is 1. The molecule has 2 fully saturated rings. The molecule has 5 atom stereocenters. The third-order valence-corrected chi connectivity index (χ3v) is 12.6. The molecule has 0 spiro atoms. The van der Waals surface area contributed by atoms with Crippen molar-refractivity contribution < 1.29 is 19.1 Å². The fourth-order valence-corrected chi connectivity index (χ4v) is 6.31. The molecule has 0 aromatic rings. The Bertz CT molecular complexity index is 527. The van der Waals surface area contributed by atoms with Gasteiger partial charge in [-0.1, -0.05) is 34.1 Å². The highest BCUT2D eigenvalue weighted by atomic mass is 28.4. The van der Waals surface area contributed by atoms with Crippen molar-refractivity contribution in [2.75, 3.05) is 13.7 Å². The maximum absolute atomic E-state index is 12.6. The number of methoxy groups -OCH3 is 1. The molecule has 2 aliphatic rings. The molecule has 0 unspecified atom stereocenters. The first-order chi connectivity index (χ1) is 11.8. The Morgan fingerprint density at radius 3 is 2.35 bits per heavy atom. The van der Waals surface area contributed by atoms with Gasteiger partial charge >= 0.3 is 5.97 Å². The Morgan fingerprint density at radius 2 is 1.81 bits per heavy atom. The van der Waals surface area contributed by atoms with Gasteiger partial charge < -0.3 is 14.3 Å². The normalized spacial score (nSPS) is 38.6. The zero-order valence-corrected chi connectivity index (χ0v) is 19.1. The highest BCUT2D eigenvalue weighted by molar-refractivity contribution is 6.74. The van der Waals surface area contributed by atoms with E-state index in [1.165, 1.54) is 7.11 Å². The molecule has 26 heavy (non-hydrogen) atoms. The highest BCUT2D eigenvalue weighted by Gasteiger charge is 2.59. The Balaban J connectivity index is 2.28. The van der Waals surface area contributed by atoms with Crippen molar-refractivity contribution >= 4 is 14.3 Å². The maximum Gasteiger partial charge on any atom is 0.311 e. The fraction of sp³-hybridized carbons (Fsp3) is 0.952. The number of aliphatic hydroxyl groups is 1. The van der Waals surface area contributed by atoms with Crippen LogP contribution in [0.1, 0.15) is 66.7 Å². The van der Waals surface area contributed by atoms with Gasteiger partial charge in [-0.25, -0.2) is 0 Å². The molecule has 0 bridgehead atoms. The Labute approximate surface area is 161 Å². The Morgan fingerprint density at radius 1 is 1.19 bits per heavy atom. The van der Waals surface area contributed by atoms with Gasteiger partial charge in [-0.05, 0) is 62.1 Å². The summed E-state index contributed by atoms with van der Waals surface area (Å²) < 4.78 is 11.7. The van der Waals surface area contributed by atoms with Gasteiger partial charge in [0.15, 0.2) is 8.32 Å². The average Bonchev–Trinajstić information content (AvgIpc) is 2.51. The van der Waals surface area contributed by atoms with Crippen molar-refractivity contribution in [3.63, 3.8) is 0 Å². The minimum Gasteiger partial charge on any atom is -0.469 e. The average molecular weight is 385 g/mol. The van der Waals surface area contributed by atoms with Gasteiger partial charge in [0.2, 0.25) is 0 Å². The van der Waals surface area contributed by atoms with Crippen LogP contribution >= 0.6 is 0 Å².